The van der Waals surface area contributed by atoms with E-state index in [4.69, 9.17) is 0 Å². The fourth-order valence-corrected chi connectivity index (χ4v) is 2.84. The Morgan fingerprint density at radius 2 is 1.40 bits per heavy atom. The first-order chi connectivity index (χ1) is 14.5. The molecule has 152 valence electrons. The molecular weight excluding hydrogens is 376 g/mol. The van der Waals surface area contributed by atoms with Gasteiger partial charge in [-0.2, -0.15) is 5.10 Å². The van der Waals surface area contributed by atoms with Gasteiger partial charge >= 0.3 is 0 Å². The van der Waals surface area contributed by atoms with Crippen LogP contribution in [0.15, 0.2) is 84.0 Å². The molecule has 0 saturated carbocycles. The Morgan fingerprint density at radius 1 is 0.800 bits per heavy atom. The van der Waals surface area contributed by atoms with E-state index < -0.39 is 0 Å². The lowest BCUT2D eigenvalue weighted by molar-refractivity contribution is -0.115. The van der Waals surface area contributed by atoms with Gasteiger partial charge in [0.25, 0.3) is 5.91 Å². The number of carbonyl (C=O) groups excluding carboxylic acids is 2. The van der Waals surface area contributed by atoms with Gasteiger partial charge in [0.15, 0.2) is 0 Å². The maximum atomic E-state index is 12.2. The summed E-state index contributed by atoms with van der Waals surface area (Å²) in [5.41, 5.74) is 7.05. The molecule has 3 aromatic carbocycles. The predicted molar refractivity (Wildman–Crippen MR) is 121 cm³/mol. The summed E-state index contributed by atoms with van der Waals surface area (Å²) in [6.45, 7) is 3.56. The molecule has 0 fully saturated rings. The van der Waals surface area contributed by atoms with Crippen molar-refractivity contribution in [2.45, 2.75) is 20.3 Å². The van der Waals surface area contributed by atoms with E-state index in [0.717, 1.165) is 16.9 Å². The highest BCUT2D eigenvalue weighted by atomic mass is 16.2. The van der Waals surface area contributed by atoms with E-state index in [1.54, 1.807) is 19.1 Å². The zero-order valence-corrected chi connectivity index (χ0v) is 17.0. The van der Waals surface area contributed by atoms with Gasteiger partial charge in [0.05, 0.1) is 6.42 Å². The molecule has 3 rings (SSSR count). The lowest BCUT2D eigenvalue weighted by atomic mass is 10.1. The Hall–Kier alpha value is -3.93. The molecular formula is C24H24N4O2. The van der Waals surface area contributed by atoms with Gasteiger partial charge in [0, 0.05) is 28.3 Å². The summed E-state index contributed by atoms with van der Waals surface area (Å²) in [6.07, 6.45) is 0.0814. The molecule has 3 N–H and O–H groups in total. The van der Waals surface area contributed by atoms with Gasteiger partial charge in [-0.05, 0) is 61.9 Å². The van der Waals surface area contributed by atoms with Crippen LogP contribution in [0.2, 0.25) is 0 Å². The van der Waals surface area contributed by atoms with Crippen LogP contribution in [-0.2, 0) is 4.79 Å². The van der Waals surface area contributed by atoms with Gasteiger partial charge in [-0.1, -0.05) is 36.4 Å². The van der Waals surface area contributed by atoms with Crippen LogP contribution in [0.25, 0.3) is 0 Å². The number of rotatable bonds is 7. The van der Waals surface area contributed by atoms with Gasteiger partial charge in [-0.25, -0.2) is 5.43 Å². The third kappa shape index (κ3) is 6.04. The molecule has 30 heavy (non-hydrogen) atoms. The minimum atomic E-state index is -0.297. The number of nitrogens with zero attached hydrogens (tertiary/aromatic N) is 1. The Bertz CT molecular complexity index is 1040. The quantitative estimate of drug-likeness (QED) is 0.391. The van der Waals surface area contributed by atoms with Crippen molar-refractivity contribution in [3.05, 3.63) is 90.0 Å². The van der Waals surface area contributed by atoms with Crippen LogP contribution in [0.1, 0.15) is 29.3 Å². The summed E-state index contributed by atoms with van der Waals surface area (Å²) in [5.74, 6) is -0.500. The largest absolute Gasteiger partial charge is 0.356 e. The standard InChI is InChI=1S/C24H24N4O2/c1-17-8-6-7-11-22(17)24(30)28-27-18(2)16-23(29)26-21-14-12-20(13-15-21)25-19-9-4-3-5-10-19/h3-15,25H,16H2,1-2H3,(H,26,29)(H,28,30). The van der Waals surface area contributed by atoms with Crippen LogP contribution in [-0.4, -0.2) is 17.5 Å². The number of para-hydroxylation sites is 1. The van der Waals surface area contributed by atoms with Crippen molar-refractivity contribution in [2.75, 3.05) is 10.6 Å². The first kappa shape index (κ1) is 20.8. The third-order valence-corrected chi connectivity index (χ3v) is 4.39. The normalized spacial score (nSPS) is 10.9. The second-order valence-corrected chi connectivity index (χ2v) is 6.90. The molecule has 0 saturated heterocycles. The van der Waals surface area contributed by atoms with Crippen molar-refractivity contribution in [1.29, 1.82) is 0 Å². The van der Waals surface area contributed by atoms with Gasteiger partial charge in [0.2, 0.25) is 5.91 Å². The summed E-state index contributed by atoms with van der Waals surface area (Å²) in [5, 5.41) is 10.2. The number of benzene rings is 3. The average Bonchev–Trinajstić information content (AvgIpc) is 2.74. The van der Waals surface area contributed by atoms with Crippen molar-refractivity contribution < 1.29 is 9.59 Å². The number of amides is 2. The summed E-state index contributed by atoms with van der Waals surface area (Å²) in [6, 6.07) is 24.6. The highest BCUT2D eigenvalue weighted by Gasteiger charge is 2.09. The topological polar surface area (TPSA) is 82.6 Å². The zero-order chi connectivity index (χ0) is 21.3. The minimum absolute atomic E-state index is 0.0814. The van der Waals surface area contributed by atoms with E-state index >= 15 is 0 Å². The molecule has 0 unspecified atom stereocenters. The number of nitrogens with one attached hydrogen (secondary N) is 3. The lowest BCUT2D eigenvalue weighted by Crippen LogP contribution is -2.22. The Labute approximate surface area is 176 Å². The fraction of sp³-hybridized carbons (Fsp3) is 0.125. The summed E-state index contributed by atoms with van der Waals surface area (Å²) >= 11 is 0. The first-order valence-electron chi connectivity index (χ1n) is 9.62. The van der Waals surface area contributed by atoms with Crippen molar-refractivity contribution in [3.63, 3.8) is 0 Å². The van der Waals surface area contributed by atoms with E-state index in [1.807, 2.05) is 73.7 Å². The van der Waals surface area contributed by atoms with Gasteiger partial charge in [0.1, 0.15) is 0 Å². The minimum Gasteiger partial charge on any atom is -0.356 e. The molecule has 0 spiro atoms. The Kier molecular flexibility index (Phi) is 6.95. The molecule has 0 aliphatic rings. The molecule has 0 atom stereocenters. The second-order valence-electron chi connectivity index (χ2n) is 6.90. The molecule has 0 aliphatic carbocycles. The first-order valence-corrected chi connectivity index (χ1v) is 9.62. The van der Waals surface area contributed by atoms with E-state index in [-0.39, 0.29) is 18.2 Å². The van der Waals surface area contributed by atoms with E-state index in [9.17, 15) is 9.59 Å². The molecule has 0 aromatic heterocycles. The zero-order valence-electron chi connectivity index (χ0n) is 17.0. The van der Waals surface area contributed by atoms with Crippen LogP contribution in [0.3, 0.4) is 0 Å². The van der Waals surface area contributed by atoms with Crippen LogP contribution < -0.4 is 16.1 Å². The molecule has 0 bridgehead atoms. The molecule has 6 nitrogen and oxygen atoms in total. The smallest absolute Gasteiger partial charge is 0.271 e. The van der Waals surface area contributed by atoms with Crippen molar-refractivity contribution in [2.24, 2.45) is 5.10 Å². The molecule has 0 heterocycles. The average molecular weight is 400 g/mol. The molecule has 2 amide bonds. The molecule has 3 aromatic rings. The number of aryl methyl sites for hydroxylation is 1. The SMILES string of the molecule is CC(CC(=O)Nc1ccc(Nc2ccccc2)cc1)=NNC(=O)c1ccccc1C. The van der Waals surface area contributed by atoms with E-state index in [1.165, 1.54) is 0 Å². The van der Waals surface area contributed by atoms with Gasteiger partial charge in [-0.15, -0.1) is 0 Å². The van der Waals surface area contributed by atoms with Crippen LogP contribution in [0.5, 0.6) is 0 Å². The number of hydrogen-bond acceptors (Lipinski definition) is 4. The summed E-state index contributed by atoms with van der Waals surface area (Å²) < 4.78 is 0. The summed E-state index contributed by atoms with van der Waals surface area (Å²) in [7, 11) is 0. The monoisotopic (exact) mass is 400 g/mol. The maximum absolute atomic E-state index is 12.2. The predicted octanol–water partition coefficient (Wildman–Crippen LogP) is 4.87. The second kappa shape index (κ2) is 10.0. The van der Waals surface area contributed by atoms with Crippen LogP contribution in [0.4, 0.5) is 17.1 Å². The number of hydrogen-bond donors (Lipinski definition) is 3. The van der Waals surface area contributed by atoms with E-state index in [2.05, 4.69) is 21.2 Å². The Balaban J connectivity index is 1.50. The van der Waals surface area contributed by atoms with Crippen LogP contribution in [0, 0.1) is 6.92 Å². The number of anilines is 3. The molecule has 0 radical (unpaired) electrons. The number of hydrazone groups is 1. The highest BCUT2D eigenvalue weighted by molar-refractivity contribution is 6.06. The maximum Gasteiger partial charge on any atom is 0.271 e. The van der Waals surface area contributed by atoms with Crippen LogP contribution >= 0.6 is 0 Å². The van der Waals surface area contributed by atoms with Crippen molar-refractivity contribution in [1.82, 2.24) is 5.43 Å². The van der Waals surface area contributed by atoms with Gasteiger partial charge < -0.3 is 10.6 Å². The fourth-order valence-electron chi connectivity index (χ4n) is 2.84. The van der Waals surface area contributed by atoms with Crippen molar-refractivity contribution in [3.8, 4) is 0 Å². The van der Waals surface area contributed by atoms with Crippen molar-refractivity contribution >= 4 is 34.6 Å². The van der Waals surface area contributed by atoms with E-state index in [0.29, 0.717) is 17.0 Å². The Morgan fingerprint density at radius 3 is 2.10 bits per heavy atom. The van der Waals surface area contributed by atoms with Gasteiger partial charge in [-0.3, -0.25) is 9.59 Å². The highest BCUT2D eigenvalue weighted by Crippen LogP contribution is 2.18. The summed E-state index contributed by atoms with van der Waals surface area (Å²) in [4.78, 5) is 24.4. The third-order valence-electron chi connectivity index (χ3n) is 4.39. The molecule has 0 aliphatic heterocycles. The molecule has 6 heteroatoms. The lowest BCUT2D eigenvalue weighted by Gasteiger charge is -2.09. The number of carbonyl (C=O) groups is 2.